The van der Waals surface area contributed by atoms with Crippen LogP contribution in [-0.4, -0.2) is 29.5 Å². The lowest BCUT2D eigenvalue weighted by atomic mass is 10.3. The fourth-order valence-electron chi connectivity index (χ4n) is 1.93. The molecular formula is C17H19N3O5. The lowest BCUT2D eigenvalue weighted by Crippen LogP contribution is -2.48. The molecule has 0 saturated carbocycles. The quantitative estimate of drug-likeness (QED) is 0.677. The Morgan fingerprint density at radius 1 is 1.12 bits per heavy atom. The van der Waals surface area contributed by atoms with Gasteiger partial charge in [-0.1, -0.05) is 0 Å². The molecular weight excluding hydrogens is 326 g/mol. The maximum absolute atomic E-state index is 12.0. The molecule has 8 nitrogen and oxygen atoms in total. The van der Waals surface area contributed by atoms with Crippen LogP contribution in [0, 0.1) is 0 Å². The van der Waals surface area contributed by atoms with E-state index in [9.17, 15) is 14.4 Å². The van der Waals surface area contributed by atoms with Crippen molar-refractivity contribution in [2.45, 2.75) is 20.0 Å². The van der Waals surface area contributed by atoms with Gasteiger partial charge in [-0.05, 0) is 50.2 Å². The van der Waals surface area contributed by atoms with Crippen LogP contribution in [0.25, 0.3) is 0 Å². The van der Waals surface area contributed by atoms with Crippen molar-refractivity contribution in [2.75, 3.05) is 6.61 Å². The first kappa shape index (κ1) is 18.1. The summed E-state index contributed by atoms with van der Waals surface area (Å²) >= 11 is 0. The van der Waals surface area contributed by atoms with Crippen molar-refractivity contribution < 1.29 is 19.1 Å². The molecule has 0 saturated heterocycles. The van der Waals surface area contributed by atoms with Gasteiger partial charge in [0.25, 0.3) is 17.4 Å². The average Bonchev–Trinajstić information content (AvgIpc) is 2.61. The standard InChI is InChI=1S/C17H19N3O5/c1-3-24-12-6-8-13(9-7-12)25-11(2)15(21)19-20-17(23)14-5-4-10-18-16(14)22/h4-11H,3H2,1-2H3,(H,18,22)(H,19,21)(H,20,23). The van der Waals surface area contributed by atoms with Crippen LogP contribution in [0.4, 0.5) is 0 Å². The van der Waals surface area contributed by atoms with E-state index in [4.69, 9.17) is 9.47 Å². The molecule has 0 aliphatic carbocycles. The van der Waals surface area contributed by atoms with Gasteiger partial charge < -0.3 is 14.5 Å². The Kier molecular flexibility index (Phi) is 6.16. The number of pyridine rings is 1. The molecule has 1 aromatic carbocycles. The van der Waals surface area contributed by atoms with Gasteiger partial charge in [0, 0.05) is 6.20 Å². The third-order valence-electron chi connectivity index (χ3n) is 3.18. The molecule has 1 heterocycles. The van der Waals surface area contributed by atoms with Crippen LogP contribution in [0.5, 0.6) is 11.5 Å². The van der Waals surface area contributed by atoms with E-state index in [0.717, 1.165) is 0 Å². The van der Waals surface area contributed by atoms with E-state index in [2.05, 4.69) is 15.8 Å². The molecule has 2 rings (SSSR count). The summed E-state index contributed by atoms with van der Waals surface area (Å²) in [5.74, 6) is -0.0951. The molecule has 0 radical (unpaired) electrons. The Morgan fingerprint density at radius 2 is 1.80 bits per heavy atom. The van der Waals surface area contributed by atoms with E-state index in [0.29, 0.717) is 18.1 Å². The SMILES string of the molecule is CCOc1ccc(OC(C)C(=O)NNC(=O)c2ccc[nH]c2=O)cc1. The second-order valence-corrected chi connectivity index (χ2v) is 5.02. The normalized spacial score (nSPS) is 11.3. The van der Waals surface area contributed by atoms with E-state index >= 15 is 0 Å². The molecule has 132 valence electrons. The van der Waals surface area contributed by atoms with Crippen molar-refractivity contribution in [3.05, 3.63) is 58.5 Å². The summed E-state index contributed by atoms with van der Waals surface area (Å²) in [5, 5.41) is 0. The fraction of sp³-hybridized carbons (Fsp3) is 0.235. The number of H-pyrrole nitrogens is 1. The lowest BCUT2D eigenvalue weighted by molar-refractivity contribution is -0.128. The summed E-state index contributed by atoms with van der Waals surface area (Å²) in [5.41, 5.74) is 3.74. The number of carbonyl (C=O) groups is 2. The fourth-order valence-corrected chi connectivity index (χ4v) is 1.93. The monoisotopic (exact) mass is 345 g/mol. The summed E-state index contributed by atoms with van der Waals surface area (Å²) in [6.07, 6.45) is 0.553. The Bertz CT molecular complexity index is 785. The van der Waals surface area contributed by atoms with Gasteiger partial charge >= 0.3 is 0 Å². The van der Waals surface area contributed by atoms with Crippen molar-refractivity contribution in [1.82, 2.24) is 15.8 Å². The minimum absolute atomic E-state index is 0.108. The number of nitrogens with one attached hydrogen (secondary N) is 3. The number of amides is 2. The predicted molar refractivity (Wildman–Crippen MR) is 90.4 cm³/mol. The summed E-state index contributed by atoms with van der Waals surface area (Å²) in [7, 11) is 0. The van der Waals surface area contributed by atoms with Crippen LogP contribution in [0.3, 0.4) is 0 Å². The molecule has 0 aliphatic heterocycles. The second kappa shape index (κ2) is 8.53. The number of benzene rings is 1. The van der Waals surface area contributed by atoms with E-state index in [-0.39, 0.29) is 5.56 Å². The third-order valence-corrected chi connectivity index (χ3v) is 3.18. The predicted octanol–water partition coefficient (Wildman–Crippen LogP) is 1.00. The number of hydrogen-bond acceptors (Lipinski definition) is 5. The summed E-state index contributed by atoms with van der Waals surface area (Å²) in [4.78, 5) is 37.7. The highest BCUT2D eigenvalue weighted by Crippen LogP contribution is 2.18. The highest BCUT2D eigenvalue weighted by Gasteiger charge is 2.17. The first-order valence-electron chi connectivity index (χ1n) is 7.68. The molecule has 1 atom stereocenters. The average molecular weight is 345 g/mol. The molecule has 0 aliphatic rings. The minimum Gasteiger partial charge on any atom is -0.494 e. The van der Waals surface area contributed by atoms with Gasteiger partial charge in [0.2, 0.25) is 0 Å². The molecule has 3 N–H and O–H groups in total. The zero-order chi connectivity index (χ0) is 18.2. The van der Waals surface area contributed by atoms with Crippen molar-refractivity contribution in [1.29, 1.82) is 0 Å². The number of hydrogen-bond donors (Lipinski definition) is 3. The van der Waals surface area contributed by atoms with Crippen molar-refractivity contribution in [2.24, 2.45) is 0 Å². The van der Waals surface area contributed by atoms with Crippen LogP contribution in [0.15, 0.2) is 47.4 Å². The van der Waals surface area contributed by atoms with Crippen LogP contribution in [0.1, 0.15) is 24.2 Å². The van der Waals surface area contributed by atoms with Crippen LogP contribution < -0.4 is 25.9 Å². The smallest absolute Gasteiger partial charge is 0.279 e. The largest absolute Gasteiger partial charge is 0.494 e. The van der Waals surface area contributed by atoms with Gasteiger partial charge in [-0.25, -0.2) is 0 Å². The summed E-state index contributed by atoms with van der Waals surface area (Å²) < 4.78 is 10.8. The van der Waals surface area contributed by atoms with E-state index in [1.807, 2.05) is 6.92 Å². The highest BCUT2D eigenvalue weighted by atomic mass is 16.5. The van der Waals surface area contributed by atoms with Crippen LogP contribution in [0.2, 0.25) is 0 Å². The zero-order valence-corrected chi connectivity index (χ0v) is 13.9. The van der Waals surface area contributed by atoms with Crippen LogP contribution >= 0.6 is 0 Å². The van der Waals surface area contributed by atoms with E-state index in [1.165, 1.54) is 25.3 Å². The van der Waals surface area contributed by atoms with Gasteiger partial charge in [-0.2, -0.15) is 0 Å². The highest BCUT2D eigenvalue weighted by molar-refractivity contribution is 5.95. The molecule has 2 aromatic rings. The van der Waals surface area contributed by atoms with Gasteiger partial charge in [-0.3, -0.25) is 25.2 Å². The summed E-state index contributed by atoms with van der Waals surface area (Å²) in [6, 6.07) is 9.67. The second-order valence-electron chi connectivity index (χ2n) is 5.02. The van der Waals surface area contributed by atoms with E-state index in [1.54, 1.807) is 24.3 Å². The molecule has 1 aromatic heterocycles. The number of carbonyl (C=O) groups excluding carboxylic acids is 2. The molecule has 0 bridgehead atoms. The summed E-state index contributed by atoms with van der Waals surface area (Å²) in [6.45, 7) is 3.98. The first-order valence-corrected chi connectivity index (χ1v) is 7.68. The van der Waals surface area contributed by atoms with Crippen LogP contribution in [-0.2, 0) is 4.79 Å². The Labute approximate surface area is 144 Å². The third kappa shape index (κ3) is 5.10. The topological polar surface area (TPSA) is 110 Å². The lowest BCUT2D eigenvalue weighted by Gasteiger charge is -2.15. The van der Waals surface area contributed by atoms with Gasteiger partial charge in [0.15, 0.2) is 6.10 Å². The van der Waals surface area contributed by atoms with Gasteiger partial charge in [-0.15, -0.1) is 0 Å². The van der Waals surface area contributed by atoms with Crippen molar-refractivity contribution in [3.63, 3.8) is 0 Å². The maximum Gasteiger partial charge on any atom is 0.279 e. The Balaban J connectivity index is 1.86. The molecule has 0 spiro atoms. The zero-order valence-electron chi connectivity index (χ0n) is 13.9. The molecule has 2 amide bonds. The van der Waals surface area contributed by atoms with Gasteiger partial charge in [0.1, 0.15) is 17.1 Å². The molecule has 1 unspecified atom stereocenters. The molecule has 0 fully saturated rings. The molecule has 25 heavy (non-hydrogen) atoms. The van der Waals surface area contributed by atoms with Crippen molar-refractivity contribution in [3.8, 4) is 11.5 Å². The van der Waals surface area contributed by atoms with Gasteiger partial charge in [0.05, 0.1) is 6.61 Å². The number of hydrazine groups is 1. The molecule has 8 heteroatoms. The van der Waals surface area contributed by atoms with E-state index < -0.39 is 23.5 Å². The number of aromatic amines is 1. The minimum atomic E-state index is -0.854. The maximum atomic E-state index is 12.0. The first-order chi connectivity index (χ1) is 12.0. The Morgan fingerprint density at radius 3 is 2.44 bits per heavy atom. The Hall–Kier alpha value is -3.29. The number of ether oxygens (including phenoxy) is 2. The number of aromatic nitrogens is 1. The number of rotatable bonds is 6. The van der Waals surface area contributed by atoms with Crippen molar-refractivity contribution >= 4 is 11.8 Å².